The Labute approximate surface area is 124 Å². The third-order valence-corrected chi connectivity index (χ3v) is 2.94. The van der Waals surface area contributed by atoms with Gasteiger partial charge in [0.25, 0.3) is 0 Å². The fourth-order valence-electron chi connectivity index (χ4n) is 1.86. The number of alkyl halides is 4. The third-order valence-electron chi connectivity index (χ3n) is 2.85. The van der Waals surface area contributed by atoms with Crippen molar-refractivity contribution in [3.05, 3.63) is 23.8 Å². The summed E-state index contributed by atoms with van der Waals surface area (Å²) in [5.74, 6) is -0.0251. The minimum atomic E-state index is -4.63. The van der Waals surface area contributed by atoms with Gasteiger partial charge in [-0.15, -0.1) is 0 Å². The molecule has 1 fully saturated rings. The van der Waals surface area contributed by atoms with E-state index < -0.39 is 17.4 Å². The average Bonchev–Trinajstić information content (AvgIpc) is 3.21. The van der Waals surface area contributed by atoms with Crippen LogP contribution in [0.2, 0.25) is 0 Å². The molecule has 1 aliphatic carbocycles. The number of halogens is 4. The van der Waals surface area contributed by atoms with Gasteiger partial charge in [0.1, 0.15) is 17.7 Å². The van der Waals surface area contributed by atoms with E-state index in [4.69, 9.17) is 17.0 Å². The van der Waals surface area contributed by atoms with Crippen molar-refractivity contribution in [1.82, 2.24) is 14.9 Å². The fraction of sp³-hybridized carbons (Fsp3) is 0.500. The predicted octanol–water partition coefficient (Wildman–Crippen LogP) is 2.90. The molecule has 0 aliphatic heterocycles. The molecular weight excluding hydrogens is 307 g/mol. The Morgan fingerprint density at radius 2 is 2.24 bits per heavy atom. The summed E-state index contributed by atoms with van der Waals surface area (Å²) < 4.78 is 39.2. The smallest absolute Gasteiger partial charge is 0.314 e. The van der Waals surface area contributed by atoms with E-state index in [-0.39, 0.29) is 17.4 Å². The lowest BCUT2D eigenvalue weighted by Gasteiger charge is -2.23. The van der Waals surface area contributed by atoms with Crippen LogP contribution in [0.25, 0.3) is 0 Å². The van der Waals surface area contributed by atoms with E-state index >= 15 is 0 Å². The molecule has 1 N–H and O–H groups in total. The molecule has 0 radical (unpaired) electrons. The largest absolute Gasteiger partial charge is 0.434 e. The Bertz CT molecular complexity index is 554. The summed E-state index contributed by atoms with van der Waals surface area (Å²) in [6.07, 6.45) is -0.207. The molecule has 0 aromatic carbocycles. The first kappa shape index (κ1) is 15.7. The lowest BCUT2D eigenvalue weighted by Crippen LogP contribution is -2.35. The molecule has 114 valence electrons. The Balaban J connectivity index is 2.54. The van der Waals surface area contributed by atoms with Crippen molar-refractivity contribution < 1.29 is 13.2 Å². The van der Waals surface area contributed by atoms with Crippen LogP contribution >= 0.6 is 11.6 Å². The van der Waals surface area contributed by atoms with E-state index in [1.165, 1.54) is 11.8 Å². The second-order valence-electron chi connectivity index (χ2n) is 4.58. The Hall–Kier alpha value is -1.70. The first-order valence-corrected chi connectivity index (χ1v) is 6.66. The number of rotatable bonds is 4. The monoisotopic (exact) mass is 319 g/mol. The second-order valence-corrected chi connectivity index (χ2v) is 5.21. The summed E-state index contributed by atoms with van der Waals surface area (Å²) in [6, 6.07) is -0.0297. The van der Waals surface area contributed by atoms with E-state index in [1.807, 2.05) is 0 Å². The molecule has 0 bridgehead atoms. The summed E-state index contributed by atoms with van der Waals surface area (Å²) in [6.45, 7) is 1.54. The summed E-state index contributed by atoms with van der Waals surface area (Å²) >= 11 is 5.80. The van der Waals surface area contributed by atoms with Crippen LogP contribution in [0.1, 0.15) is 31.0 Å². The van der Waals surface area contributed by atoms with Crippen molar-refractivity contribution in [2.24, 2.45) is 4.99 Å². The molecular formula is C12H13ClF3N5. The van der Waals surface area contributed by atoms with Gasteiger partial charge in [-0.05, 0) is 19.8 Å². The van der Waals surface area contributed by atoms with Gasteiger partial charge in [0.05, 0.1) is 11.9 Å². The Morgan fingerprint density at radius 1 is 1.57 bits per heavy atom. The maximum atomic E-state index is 13.1. The zero-order chi connectivity index (χ0) is 15.6. The van der Waals surface area contributed by atoms with Crippen LogP contribution in [0.4, 0.5) is 13.2 Å². The van der Waals surface area contributed by atoms with Gasteiger partial charge in [-0.2, -0.15) is 13.2 Å². The van der Waals surface area contributed by atoms with Gasteiger partial charge in [0.2, 0.25) is 0 Å². The highest BCUT2D eigenvalue weighted by Crippen LogP contribution is 2.33. The highest BCUT2D eigenvalue weighted by Gasteiger charge is 2.39. The number of nitrogens with zero attached hydrogens (tertiary/aromatic N) is 4. The molecule has 9 heteroatoms. The first-order valence-electron chi connectivity index (χ1n) is 6.23. The molecule has 0 saturated heterocycles. The van der Waals surface area contributed by atoms with Crippen LogP contribution in [-0.4, -0.2) is 38.6 Å². The molecule has 1 aliphatic rings. The molecule has 1 aromatic rings. The fourth-order valence-corrected chi connectivity index (χ4v) is 1.95. The maximum Gasteiger partial charge on any atom is 0.434 e. The highest BCUT2D eigenvalue weighted by atomic mass is 35.5. The Morgan fingerprint density at radius 3 is 2.71 bits per heavy atom. The van der Waals surface area contributed by atoms with E-state index in [2.05, 4.69) is 15.0 Å². The third kappa shape index (κ3) is 3.69. The van der Waals surface area contributed by atoms with Crippen molar-refractivity contribution in [1.29, 1.82) is 5.41 Å². The van der Waals surface area contributed by atoms with Crippen molar-refractivity contribution >= 4 is 23.8 Å². The molecule has 1 atom stereocenters. The molecule has 1 saturated carbocycles. The number of amidine groups is 1. The van der Waals surface area contributed by atoms with Crippen molar-refractivity contribution in [3.8, 4) is 0 Å². The molecule has 0 amide bonds. The molecule has 1 heterocycles. The second kappa shape index (κ2) is 5.97. The van der Waals surface area contributed by atoms with Gasteiger partial charge in [0.15, 0.2) is 5.69 Å². The predicted molar refractivity (Wildman–Crippen MR) is 72.5 cm³/mol. The van der Waals surface area contributed by atoms with Crippen molar-refractivity contribution in [2.45, 2.75) is 37.5 Å². The lowest BCUT2D eigenvalue weighted by atomic mass is 10.2. The molecule has 5 nitrogen and oxygen atoms in total. The number of hydrogen-bond acceptors (Lipinski definition) is 4. The quantitative estimate of drug-likeness (QED) is 0.401. The number of aromatic nitrogens is 2. The first-order chi connectivity index (χ1) is 9.84. The zero-order valence-corrected chi connectivity index (χ0v) is 11.9. The standard InChI is InChI=1S/C12H13ClF3N5/c1-7(13)20-11(21(5-17)8-2-3-8)9-4-18-6-19-10(9)12(14,15)16/h4-8,17H,2-3H2,1H3/b17-5?,20-11-. The SMILES string of the molecule is CC(Cl)/N=C(/c1cncnc1C(F)(F)F)N(C=N)C1CC1. The van der Waals surface area contributed by atoms with Crippen LogP contribution in [0.15, 0.2) is 17.5 Å². The van der Waals surface area contributed by atoms with Crippen LogP contribution < -0.4 is 0 Å². The highest BCUT2D eigenvalue weighted by molar-refractivity contribution is 6.21. The van der Waals surface area contributed by atoms with Crippen LogP contribution in [0.5, 0.6) is 0 Å². The minimum Gasteiger partial charge on any atom is -0.314 e. The topological polar surface area (TPSA) is 65.2 Å². The van der Waals surface area contributed by atoms with Gasteiger partial charge in [-0.25, -0.2) is 15.0 Å². The molecule has 1 unspecified atom stereocenters. The van der Waals surface area contributed by atoms with E-state index in [0.717, 1.165) is 31.7 Å². The molecule has 21 heavy (non-hydrogen) atoms. The van der Waals surface area contributed by atoms with E-state index in [1.54, 1.807) is 0 Å². The van der Waals surface area contributed by atoms with Gasteiger partial charge >= 0.3 is 6.18 Å². The summed E-state index contributed by atoms with van der Waals surface area (Å²) in [7, 11) is 0. The van der Waals surface area contributed by atoms with Crippen LogP contribution in [-0.2, 0) is 6.18 Å². The maximum absolute atomic E-state index is 13.1. The number of nitrogens with one attached hydrogen (secondary N) is 1. The van der Waals surface area contributed by atoms with E-state index in [9.17, 15) is 13.2 Å². The van der Waals surface area contributed by atoms with Crippen molar-refractivity contribution in [2.75, 3.05) is 0 Å². The summed E-state index contributed by atoms with van der Waals surface area (Å²) in [4.78, 5) is 12.4. The van der Waals surface area contributed by atoms with Gasteiger partial charge in [0, 0.05) is 12.2 Å². The number of aliphatic imine (C=N–C) groups is 1. The average molecular weight is 320 g/mol. The van der Waals surface area contributed by atoms with Crippen LogP contribution in [0.3, 0.4) is 0 Å². The van der Waals surface area contributed by atoms with E-state index in [0.29, 0.717) is 0 Å². The zero-order valence-electron chi connectivity index (χ0n) is 11.1. The minimum absolute atomic E-state index is 0.0251. The summed E-state index contributed by atoms with van der Waals surface area (Å²) in [5, 5.41) is 7.44. The van der Waals surface area contributed by atoms with Gasteiger partial charge < -0.3 is 4.90 Å². The van der Waals surface area contributed by atoms with Gasteiger partial charge in [-0.3, -0.25) is 5.41 Å². The normalized spacial score (nSPS) is 17.5. The summed E-state index contributed by atoms with van der Waals surface area (Å²) in [5.41, 5.74) is -2.09. The lowest BCUT2D eigenvalue weighted by molar-refractivity contribution is -0.141. The van der Waals surface area contributed by atoms with Gasteiger partial charge in [-0.1, -0.05) is 11.6 Å². The Kier molecular flexibility index (Phi) is 4.46. The molecule has 0 spiro atoms. The molecule has 2 rings (SSSR count). The van der Waals surface area contributed by atoms with Crippen LogP contribution in [0, 0.1) is 5.41 Å². The van der Waals surface area contributed by atoms with Crippen molar-refractivity contribution in [3.63, 3.8) is 0 Å². The number of hydrogen-bond donors (Lipinski definition) is 1. The molecule has 1 aromatic heterocycles.